The fraction of sp³-hybridized carbons (Fsp3) is 0.500. The minimum absolute atomic E-state index is 0.0241. The standard InChI is InChI=1S/C10H13ClN2O4S2/c11-9-1-3-12-6-10(9)19(16,17)13-5-8-2-4-18(14,15)7-8/h1,3,6,8,13H,2,4-5,7H2. The number of nitrogens with one attached hydrogen (secondary N) is 1. The number of hydrogen-bond acceptors (Lipinski definition) is 5. The summed E-state index contributed by atoms with van der Waals surface area (Å²) >= 11 is 5.79. The van der Waals surface area contributed by atoms with Crippen LogP contribution in [0.15, 0.2) is 23.4 Å². The summed E-state index contributed by atoms with van der Waals surface area (Å²) in [5.41, 5.74) is 0. The van der Waals surface area contributed by atoms with Crippen LogP contribution in [0.2, 0.25) is 5.02 Å². The highest BCUT2D eigenvalue weighted by molar-refractivity contribution is 7.91. The minimum Gasteiger partial charge on any atom is -0.263 e. The lowest BCUT2D eigenvalue weighted by molar-refractivity contribution is 0.543. The van der Waals surface area contributed by atoms with Crippen molar-refractivity contribution in [3.05, 3.63) is 23.5 Å². The molecule has 0 saturated carbocycles. The summed E-state index contributed by atoms with van der Waals surface area (Å²) in [5.74, 6) is -0.0428. The highest BCUT2D eigenvalue weighted by Crippen LogP contribution is 2.21. The average molecular weight is 325 g/mol. The second kappa shape index (κ2) is 5.35. The SMILES string of the molecule is O=S1(=O)CCC(CNS(=O)(=O)c2cnccc2Cl)C1. The smallest absolute Gasteiger partial charge is 0.243 e. The van der Waals surface area contributed by atoms with Gasteiger partial charge in [0.1, 0.15) is 4.90 Å². The lowest BCUT2D eigenvalue weighted by atomic mass is 10.1. The van der Waals surface area contributed by atoms with Crippen LogP contribution in [-0.4, -0.2) is 39.9 Å². The summed E-state index contributed by atoms with van der Waals surface area (Å²) in [6.45, 7) is 0.0901. The number of sulfonamides is 1. The third kappa shape index (κ3) is 3.65. The van der Waals surface area contributed by atoms with E-state index < -0.39 is 19.9 Å². The van der Waals surface area contributed by atoms with E-state index in [4.69, 9.17) is 11.6 Å². The predicted octanol–water partition coefficient (Wildman–Crippen LogP) is 0.448. The van der Waals surface area contributed by atoms with Crippen LogP contribution in [0.25, 0.3) is 0 Å². The number of halogens is 1. The van der Waals surface area contributed by atoms with Crippen LogP contribution in [0.5, 0.6) is 0 Å². The first kappa shape index (κ1) is 14.7. The monoisotopic (exact) mass is 324 g/mol. The van der Waals surface area contributed by atoms with E-state index in [1.807, 2.05) is 0 Å². The van der Waals surface area contributed by atoms with Gasteiger partial charge in [0.2, 0.25) is 10.0 Å². The van der Waals surface area contributed by atoms with Crippen LogP contribution in [0, 0.1) is 5.92 Å². The molecule has 1 aromatic rings. The van der Waals surface area contributed by atoms with E-state index in [-0.39, 0.29) is 33.9 Å². The number of hydrogen-bond donors (Lipinski definition) is 1. The number of pyridine rings is 1. The molecule has 106 valence electrons. The van der Waals surface area contributed by atoms with E-state index in [1.165, 1.54) is 12.3 Å². The van der Waals surface area contributed by atoms with Crippen molar-refractivity contribution >= 4 is 31.5 Å². The van der Waals surface area contributed by atoms with Gasteiger partial charge in [0.25, 0.3) is 0 Å². The molecule has 0 aliphatic carbocycles. The predicted molar refractivity (Wildman–Crippen MR) is 71.2 cm³/mol. The van der Waals surface area contributed by atoms with Crippen molar-refractivity contribution in [2.45, 2.75) is 11.3 Å². The van der Waals surface area contributed by atoms with Crippen LogP contribution < -0.4 is 4.72 Å². The Morgan fingerprint density at radius 3 is 2.79 bits per heavy atom. The van der Waals surface area contributed by atoms with Gasteiger partial charge in [-0.1, -0.05) is 11.6 Å². The molecule has 1 aliphatic rings. The van der Waals surface area contributed by atoms with Crippen molar-refractivity contribution in [2.75, 3.05) is 18.1 Å². The van der Waals surface area contributed by atoms with Crippen molar-refractivity contribution in [1.82, 2.24) is 9.71 Å². The Bertz CT molecular complexity index is 673. The van der Waals surface area contributed by atoms with E-state index in [0.717, 1.165) is 6.20 Å². The van der Waals surface area contributed by atoms with E-state index in [0.29, 0.717) is 6.42 Å². The molecule has 0 radical (unpaired) electrons. The molecule has 1 N–H and O–H groups in total. The number of sulfone groups is 1. The molecule has 1 atom stereocenters. The fourth-order valence-electron chi connectivity index (χ4n) is 1.90. The van der Waals surface area contributed by atoms with Gasteiger partial charge in [-0.05, 0) is 18.4 Å². The maximum atomic E-state index is 12.0. The third-order valence-corrected chi connectivity index (χ3v) is 6.64. The second-order valence-corrected chi connectivity index (χ2v) is 8.80. The maximum absolute atomic E-state index is 12.0. The molecule has 1 aliphatic heterocycles. The van der Waals surface area contributed by atoms with Gasteiger partial charge in [-0.25, -0.2) is 21.6 Å². The van der Waals surface area contributed by atoms with E-state index in [9.17, 15) is 16.8 Å². The van der Waals surface area contributed by atoms with Crippen LogP contribution in [0.4, 0.5) is 0 Å². The molecule has 0 amide bonds. The quantitative estimate of drug-likeness (QED) is 0.868. The highest BCUT2D eigenvalue weighted by Gasteiger charge is 2.29. The first-order chi connectivity index (χ1) is 8.80. The molecule has 2 heterocycles. The third-order valence-electron chi connectivity index (χ3n) is 2.91. The first-order valence-electron chi connectivity index (χ1n) is 5.60. The second-order valence-electron chi connectivity index (χ2n) is 4.43. The van der Waals surface area contributed by atoms with E-state index >= 15 is 0 Å². The molecule has 1 saturated heterocycles. The highest BCUT2D eigenvalue weighted by atomic mass is 35.5. The normalized spacial score (nSPS) is 22.5. The summed E-state index contributed by atoms with van der Waals surface area (Å²) in [5, 5.41) is 0.0848. The Kier molecular flexibility index (Phi) is 4.14. The molecule has 0 spiro atoms. The summed E-state index contributed by atoms with van der Waals surface area (Å²) in [6.07, 6.45) is 3.03. The molecule has 1 aromatic heterocycles. The van der Waals surface area contributed by atoms with Crippen molar-refractivity contribution in [1.29, 1.82) is 0 Å². The fourth-order valence-corrected chi connectivity index (χ4v) is 5.31. The Balaban J connectivity index is 2.05. The minimum atomic E-state index is -3.75. The Morgan fingerprint density at radius 1 is 1.47 bits per heavy atom. The van der Waals surface area contributed by atoms with Crippen LogP contribution in [0.1, 0.15) is 6.42 Å². The largest absolute Gasteiger partial charge is 0.263 e. The molecular weight excluding hydrogens is 312 g/mol. The van der Waals surface area contributed by atoms with Gasteiger partial charge >= 0.3 is 0 Å². The summed E-state index contributed by atoms with van der Waals surface area (Å²) < 4.78 is 48.9. The van der Waals surface area contributed by atoms with E-state index in [2.05, 4.69) is 9.71 Å². The van der Waals surface area contributed by atoms with Crippen molar-refractivity contribution in [3.8, 4) is 0 Å². The lowest BCUT2D eigenvalue weighted by Gasteiger charge is -2.10. The lowest BCUT2D eigenvalue weighted by Crippen LogP contribution is -2.30. The topological polar surface area (TPSA) is 93.2 Å². The number of rotatable bonds is 4. The molecule has 0 bridgehead atoms. The van der Waals surface area contributed by atoms with Gasteiger partial charge in [0.15, 0.2) is 9.84 Å². The van der Waals surface area contributed by atoms with Crippen molar-refractivity contribution < 1.29 is 16.8 Å². The zero-order valence-electron chi connectivity index (χ0n) is 9.91. The Labute approximate surface area is 117 Å². The Morgan fingerprint density at radius 2 is 2.21 bits per heavy atom. The van der Waals surface area contributed by atoms with Gasteiger partial charge in [-0.3, -0.25) is 4.98 Å². The molecule has 9 heteroatoms. The van der Waals surface area contributed by atoms with Gasteiger partial charge in [-0.15, -0.1) is 0 Å². The van der Waals surface area contributed by atoms with Crippen molar-refractivity contribution in [3.63, 3.8) is 0 Å². The molecule has 0 aromatic carbocycles. The molecule has 1 fully saturated rings. The van der Waals surface area contributed by atoms with Crippen LogP contribution in [-0.2, 0) is 19.9 Å². The van der Waals surface area contributed by atoms with Gasteiger partial charge in [-0.2, -0.15) is 0 Å². The zero-order valence-corrected chi connectivity index (χ0v) is 12.3. The number of nitrogens with zero attached hydrogens (tertiary/aromatic N) is 1. The summed E-state index contributed by atoms with van der Waals surface area (Å²) in [4.78, 5) is 3.62. The van der Waals surface area contributed by atoms with E-state index in [1.54, 1.807) is 0 Å². The molecule has 6 nitrogen and oxygen atoms in total. The summed E-state index contributed by atoms with van der Waals surface area (Å²) in [6, 6.07) is 1.39. The van der Waals surface area contributed by atoms with Crippen LogP contribution in [0.3, 0.4) is 0 Å². The Hall–Kier alpha value is -0.700. The molecule has 2 rings (SSSR count). The molecule has 1 unspecified atom stereocenters. The van der Waals surface area contributed by atoms with Gasteiger partial charge in [0, 0.05) is 18.9 Å². The molecule has 19 heavy (non-hydrogen) atoms. The van der Waals surface area contributed by atoms with Crippen LogP contribution >= 0.6 is 11.6 Å². The first-order valence-corrected chi connectivity index (χ1v) is 9.28. The van der Waals surface area contributed by atoms with Gasteiger partial charge in [0.05, 0.1) is 16.5 Å². The van der Waals surface area contributed by atoms with Crippen molar-refractivity contribution in [2.24, 2.45) is 5.92 Å². The zero-order chi connectivity index (χ0) is 14.1. The number of aromatic nitrogens is 1. The molecular formula is C10H13ClN2O4S2. The van der Waals surface area contributed by atoms with Gasteiger partial charge < -0.3 is 0 Å². The summed E-state index contributed by atoms with van der Waals surface area (Å²) in [7, 11) is -6.76. The average Bonchev–Trinajstić information content (AvgIpc) is 2.67. The maximum Gasteiger partial charge on any atom is 0.243 e.